The lowest BCUT2D eigenvalue weighted by molar-refractivity contribution is 0.346. The number of thiophene rings is 1. The largest absolute Gasteiger partial charge is 0.307 e. The maximum absolute atomic E-state index is 5.51. The number of hydrazine groups is 1. The van der Waals surface area contributed by atoms with Gasteiger partial charge in [-0.3, -0.25) is 11.3 Å². The number of nitrogens with two attached hydrogens (primary N) is 1. The maximum atomic E-state index is 5.51. The average molecular weight is 199 g/mol. The Labute approximate surface area is 83.5 Å². The maximum Gasteiger partial charge on any atom is 0.0682 e. The summed E-state index contributed by atoms with van der Waals surface area (Å²) in [7, 11) is 4.10. The van der Waals surface area contributed by atoms with Crippen molar-refractivity contribution in [3.8, 4) is 0 Å². The second-order valence-corrected chi connectivity index (χ2v) is 4.40. The van der Waals surface area contributed by atoms with Gasteiger partial charge in [-0.15, -0.1) is 11.3 Å². The molecule has 4 heteroatoms. The van der Waals surface area contributed by atoms with E-state index in [9.17, 15) is 0 Å². The first-order valence-electron chi connectivity index (χ1n) is 4.30. The molecule has 74 valence electrons. The summed E-state index contributed by atoms with van der Waals surface area (Å²) in [6.07, 6.45) is 0. The third kappa shape index (κ3) is 2.77. The van der Waals surface area contributed by atoms with Crippen LogP contribution in [-0.4, -0.2) is 25.5 Å². The number of rotatable bonds is 4. The molecule has 0 bridgehead atoms. The van der Waals surface area contributed by atoms with Crippen LogP contribution in [0.15, 0.2) is 11.4 Å². The molecule has 1 aromatic rings. The summed E-state index contributed by atoms with van der Waals surface area (Å²) >= 11 is 1.76. The monoisotopic (exact) mass is 199 g/mol. The fourth-order valence-electron chi connectivity index (χ4n) is 1.32. The number of hydrogen-bond donors (Lipinski definition) is 2. The van der Waals surface area contributed by atoms with E-state index in [4.69, 9.17) is 5.84 Å². The van der Waals surface area contributed by atoms with Crippen LogP contribution in [0.2, 0.25) is 0 Å². The molecular formula is C9H17N3S. The highest BCUT2D eigenvalue weighted by Gasteiger charge is 2.13. The van der Waals surface area contributed by atoms with E-state index in [0.717, 1.165) is 6.54 Å². The molecule has 0 radical (unpaired) electrons. The van der Waals surface area contributed by atoms with Crippen LogP contribution in [0.1, 0.15) is 16.5 Å². The summed E-state index contributed by atoms with van der Waals surface area (Å²) in [4.78, 5) is 3.46. The minimum Gasteiger partial charge on any atom is -0.307 e. The summed E-state index contributed by atoms with van der Waals surface area (Å²) in [5, 5.41) is 2.10. The highest BCUT2D eigenvalue weighted by molar-refractivity contribution is 7.10. The first kappa shape index (κ1) is 10.7. The Morgan fingerprint density at radius 3 is 2.69 bits per heavy atom. The Kier molecular flexibility index (Phi) is 3.87. The van der Waals surface area contributed by atoms with Crippen LogP contribution < -0.4 is 11.3 Å². The van der Waals surface area contributed by atoms with Crippen LogP contribution in [0, 0.1) is 6.92 Å². The highest BCUT2D eigenvalue weighted by atomic mass is 32.1. The van der Waals surface area contributed by atoms with Crippen LogP contribution in [-0.2, 0) is 0 Å². The molecule has 0 fully saturated rings. The van der Waals surface area contributed by atoms with Gasteiger partial charge < -0.3 is 4.90 Å². The van der Waals surface area contributed by atoms with E-state index in [1.54, 1.807) is 11.3 Å². The van der Waals surface area contributed by atoms with Crippen LogP contribution >= 0.6 is 11.3 Å². The SMILES string of the molecule is Cc1ccsc1C(CN(C)C)NN. The summed E-state index contributed by atoms with van der Waals surface area (Å²) in [6, 6.07) is 2.37. The van der Waals surface area contributed by atoms with Gasteiger partial charge in [0, 0.05) is 11.4 Å². The lowest BCUT2D eigenvalue weighted by Gasteiger charge is -2.19. The minimum absolute atomic E-state index is 0.245. The fraction of sp³-hybridized carbons (Fsp3) is 0.556. The molecule has 0 aliphatic heterocycles. The summed E-state index contributed by atoms with van der Waals surface area (Å²) in [6.45, 7) is 3.05. The zero-order chi connectivity index (χ0) is 9.84. The van der Waals surface area contributed by atoms with E-state index in [-0.39, 0.29) is 6.04 Å². The van der Waals surface area contributed by atoms with Crippen molar-refractivity contribution in [2.75, 3.05) is 20.6 Å². The Morgan fingerprint density at radius 1 is 1.62 bits per heavy atom. The molecule has 1 aromatic heterocycles. The Bertz CT molecular complexity index is 257. The van der Waals surface area contributed by atoms with Crippen molar-refractivity contribution < 1.29 is 0 Å². The van der Waals surface area contributed by atoms with Crippen molar-refractivity contribution in [1.82, 2.24) is 10.3 Å². The van der Waals surface area contributed by atoms with Crippen LogP contribution in [0.4, 0.5) is 0 Å². The van der Waals surface area contributed by atoms with E-state index in [1.807, 2.05) is 14.1 Å². The number of nitrogens with one attached hydrogen (secondary N) is 1. The van der Waals surface area contributed by atoms with Crippen molar-refractivity contribution in [3.05, 3.63) is 21.9 Å². The van der Waals surface area contributed by atoms with E-state index in [2.05, 4.69) is 28.7 Å². The van der Waals surface area contributed by atoms with E-state index < -0.39 is 0 Å². The molecule has 3 nitrogen and oxygen atoms in total. The lowest BCUT2D eigenvalue weighted by atomic mass is 10.1. The number of likely N-dealkylation sites (N-methyl/N-ethyl adjacent to an activating group) is 1. The quantitative estimate of drug-likeness (QED) is 0.564. The predicted octanol–water partition coefficient (Wildman–Crippen LogP) is 1.12. The van der Waals surface area contributed by atoms with Crippen LogP contribution in [0.25, 0.3) is 0 Å². The fourth-order valence-corrected chi connectivity index (χ4v) is 2.30. The molecule has 0 saturated carbocycles. The molecule has 0 aliphatic rings. The Morgan fingerprint density at radius 2 is 2.31 bits per heavy atom. The van der Waals surface area contributed by atoms with Gasteiger partial charge >= 0.3 is 0 Å². The van der Waals surface area contributed by atoms with Crippen molar-refractivity contribution in [2.45, 2.75) is 13.0 Å². The van der Waals surface area contributed by atoms with Gasteiger partial charge in [-0.2, -0.15) is 0 Å². The molecule has 0 aliphatic carbocycles. The van der Waals surface area contributed by atoms with Gasteiger partial charge in [0.2, 0.25) is 0 Å². The summed E-state index contributed by atoms with van der Waals surface area (Å²) in [5.74, 6) is 5.51. The Hall–Kier alpha value is -0.420. The molecule has 0 saturated heterocycles. The predicted molar refractivity (Wildman–Crippen MR) is 57.7 cm³/mol. The van der Waals surface area contributed by atoms with Gasteiger partial charge in [-0.05, 0) is 38.0 Å². The normalized spacial score (nSPS) is 13.6. The van der Waals surface area contributed by atoms with E-state index in [1.165, 1.54) is 10.4 Å². The molecule has 0 aromatic carbocycles. The second kappa shape index (κ2) is 4.72. The van der Waals surface area contributed by atoms with Gasteiger partial charge in [-0.1, -0.05) is 0 Å². The molecule has 1 rings (SSSR count). The van der Waals surface area contributed by atoms with Gasteiger partial charge in [-0.25, -0.2) is 0 Å². The molecule has 1 unspecified atom stereocenters. The highest BCUT2D eigenvalue weighted by Crippen LogP contribution is 2.23. The van der Waals surface area contributed by atoms with Crippen molar-refractivity contribution in [3.63, 3.8) is 0 Å². The number of nitrogens with zero attached hydrogens (tertiary/aromatic N) is 1. The number of aryl methyl sites for hydroxylation is 1. The van der Waals surface area contributed by atoms with Crippen molar-refractivity contribution >= 4 is 11.3 Å². The molecule has 0 spiro atoms. The molecule has 1 heterocycles. The third-order valence-electron chi connectivity index (χ3n) is 1.97. The van der Waals surface area contributed by atoms with E-state index in [0.29, 0.717) is 0 Å². The Balaban J connectivity index is 2.72. The number of hydrogen-bond acceptors (Lipinski definition) is 4. The van der Waals surface area contributed by atoms with Gasteiger partial charge in [0.1, 0.15) is 0 Å². The second-order valence-electron chi connectivity index (χ2n) is 3.45. The van der Waals surface area contributed by atoms with Crippen molar-refractivity contribution in [1.29, 1.82) is 0 Å². The molecule has 13 heavy (non-hydrogen) atoms. The van der Waals surface area contributed by atoms with E-state index >= 15 is 0 Å². The molecular weight excluding hydrogens is 182 g/mol. The van der Waals surface area contributed by atoms with Crippen LogP contribution in [0.3, 0.4) is 0 Å². The topological polar surface area (TPSA) is 41.3 Å². The lowest BCUT2D eigenvalue weighted by Crippen LogP contribution is -2.35. The first-order valence-corrected chi connectivity index (χ1v) is 5.18. The summed E-state index contributed by atoms with van der Waals surface area (Å²) in [5.41, 5.74) is 4.16. The van der Waals surface area contributed by atoms with Gasteiger partial charge in [0.25, 0.3) is 0 Å². The molecule has 3 N–H and O–H groups in total. The first-order chi connectivity index (χ1) is 6.15. The van der Waals surface area contributed by atoms with Crippen LogP contribution in [0.5, 0.6) is 0 Å². The van der Waals surface area contributed by atoms with Gasteiger partial charge in [0.15, 0.2) is 0 Å². The zero-order valence-electron chi connectivity index (χ0n) is 8.37. The third-order valence-corrected chi connectivity index (χ3v) is 3.10. The average Bonchev–Trinajstić information content (AvgIpc) is 2.47. The molecule has 0 amide bonds. The smallest absolute Gasteiger partial charge is 0.0682 e. The minimum atomic E-state index is 0.245. The van der Waals surface area contributed by atoms with Gasteiger partial charge in [0.05, 0.1) is 6.04 Å². The molecule has 1 atom stereocenters. The summed E-state index contributed by atoms with van der Waals surface area (Å²) < 4.78 is 0. The van der Waals surface area contributed by atoms with Crippen molar-refractivity contribution in [2.24, 2.45) is 5.84 Å². The zero-order valence-corrected chi connectivity index (χ0v) is 9.19. The standard InChI is InChI=1S/C9H17N3S/c1-7-4-5-13-9(7)8(11-10)6-12(2)3/h4-5,8,11H,6,10H2,1-3H3.